The van der Waals surface area contributed by atoms with E-state index in [-0.39, 0.29) is 19.5 Å². The molecular weight excluding hydrogens is 344 g/mol. The zero-order valence-corrected chi connectivity index (χ0v) is 12.8. The first-order chi connectivity index (χ1) is 8.31. The van der Waals surface area contributed by atoms with Gasteiger partial charge in [-0.2, -0.15) is 17.4 Å². The van der Waals surface area contributed by atoms with E-state index in [1.165, 1.54) is 18.4 Å². The highest BCUT2D eigenvalue weighted by Crippen LogP contribution is 2.19. The van der Waals surface area contributed by atoms with E-state index in [1.54, 1.807) is 0 Å². The molecule has 0 fully saturated rings. The van der Waals surface area contributed by atoms with Crippen LogP contribution in [0.15, 0.2) is 15.9 Å². The molecule has 0 unspecified atom stereocenters. The second-order valence-electron chi connectivity index (χ2n) is 3.52. The molecule has 0 radical (unpaired) electrons. The van der Waals surface area contributed by atoms with E-state index in [0.29, 0.717) is 0 Å². The Kier molecular flexibility index (Phi) is 5.73. The molecule has 1 aromatic rings. The number of hydrogen-bond acceptors (Lipinski definition) is 4. The summed E-state index contributed by atoms with van der Waals surface area (Å²) in [5, 5.41) is 10.4. The third kappa shape index (κ3) is 5.02. The monoisotopic (exact) mass is 356 g/mol. The van der Waals surface area contributed by atoms with Crippen molar-refractivity contribution in [2.24, 2.45) is 0 Å². The first kappa shape index (κ1) is 15.6. The van der Waals surface area contributed by atoms with Crippen LogP contribution in [0.25, 0.3) is 0 Å². The minimum Gasteiger partial charge on any atom is -0.481 e. The Morgan fingerprint density at radius 1 is 1.61 bits per heavy atom. The van der Waals surface area contributed by atoms with Crippen molar-refractivity contribution < 1.29 is 18.3 Å². The van der Waals surface area contributed by atoms with Gasteiger partial charge in [0.25, 0.3) is 10.2 Å². The Hall–Kier alpha value is -0.480. The third-order valence-electron chi connectivity index (χ3n) is 2.10. The predicted molar refractivity (Wildman–Crippen MR) is 72.7 cm³/mol. The molecule has 0 aliphatic rings. The molecule has 0 bridgehead atoms. The second kappa shape index (κ2) is 6.62. The number of thiophene rings is 1. The van der Waals surface area contributed by atoms with Crippen molar-refractivity contribution in [1.29, 1.82) is 0 Å². The van der Waals surface area contributed by atoms with Crippen molar-refractivity contribution in [2.75, 3.05) is 13.6 Å². The lowest BCUT2D eigenvalue weighted by atomic mass is 10.4. The summed E-state index contributed by atoms with van der Waals surface area (Å²) in [6.07, 6.45) is -0.220. The molecule has 0 atom stereocenters. The van der Waals surface area contributed by atoms with Gasteiger partial charge in [0, 0.05) is 34.9 Å². The van der Waals surface area contributed by atoms with Crippen LogP contribution in [0.2, 0.25) is 0 Å². The Balaban J connectivity index is 2.51. The van der Waals surface area contributed by atoms with Gasteiger partial charge in [-0.3, -0.25) is 4.79 Å². The number of carboxylic acids is 1. The highest BCUT2D eigenvalue weighted by atomic mass is 79.9. The highest BCUT2D eigenvalue weighted by molar-refractivity contribution is 9.10. The van der Waals surface area contributed by atoms with Crippen LogP contribution in [0.5, 0.6) is 0 Å². The van der Waals surface area contributed by atoms with E-state index in [0.717, 1.165) is 13.7 Å². The van der Waals surface area contributed by atoms with E-state index < -0.39 is 16.2 Å². The lowest BCUT2D eigenvalue weighted by molar-refractivity contribution is -0.137. The molecule has 2 N–H and O–H groups in total. The SMILES string of the molecule is CN(CCC(=O)O)S(=O)(=O)NCc1cc(Br)cs1. The molecule has 9 heteroatoms. The first-order valence-corrected chi connectivity index (χ1v) is 8.08. The lowest BCUT2D eigenvalue weighted by Gasteiger charge is -2.16. The molecule has 0 aliphatic heterocycles. The molecule has 0 aliphatic carbocycles. The van der Waals surface area contributed by atoms with Crippen molar-refractivity contribution in [1.82, 2.24) is 9.03 Å². The van der Waals surface area contributed by atoms with E-state index in [2.05, 4.69) is 20.7 Å². The quantitative estimate of drug-likeness (QED) is 0.769. The first-order valence-electron chi connectivity index (χ1n) is 4.97. The van der Waals surface area contributed by atoms with Crippen molar-refractivity contribution in [2.45, 2.75) is 13.0 Å². The molecular formula is C9H13BrN2O4S2. The third-order valence-corrected chi connectivity index (χ3v) is 5.31. The van der Waals surface area contributed by atoms with Crippen LogP contribution in [-0.2, 0) is 21.5 Å². The van der Waals surface area contributed by atoms with Gasteiger partial charge in [-0.15, -0.1) is 11.3 Å². The van der Waals surface area contributed by atoms with Crippen LogP contribution in [-0.4, -0.2) is 37.4 Å². The summed E-state index contributed by atoms with van der Waals surface area (Å²) in [5.41, 5.74) is 0. The van der Waals surface area contributed by atoms with Gasteiger partial charge in [0.1, 0.15) is 0 Å². The maximum Gasteiger partial charge on any atom is 0.304 e. The van der Waals surface area contributed by atoms with Gasteiger partial charge in [0.05, 0.1) is 6.42 Å². The average molecular weight is 357 g/mol. The number of nitrogens with zero attached hydrogens (tertiary/aromatic N) is 1. The smallest absolute Gasteiger partial charge is 0.304 e. The number of hydrogen-bond donors (Lipinski definition) is 2. The number of rotatable bonds is 7. The lowest BCUT2D eigenvalue weighted by Crippen LogP contribution is -2.38. The Morgan fingerprint density at radius 3 is 2.78 bits per heavy atom. The fourth-order valence-electron chi connectivity index (χ4n) is 1.09. The van der Waals surface area contributed by atoms with Gasteiger partial charge in [-0.05, 0) is 22.0 Å². The van der Waals surface area contributed by atoms with E-state index in [1.807, 2.05) is 11.4 Å². The van der Waals surface area contributed by atoms with E-state index in [4.69, 9.17) is 5.11 Å². The molecule has 0 saturated heterocycles. The number of carbonyl (C=O) groups is 1. The van der Waals surface area contributed by atoms with Crippen molar-refractivity contribution in [3.05, 3.63) is 20.8 Å². The largest absolute Gasteiger partial charge is 0.481 e. The zero-order valence-electron chi connectivity index (χ0n) is 9.59. The van der Waals surface area contributed by atoms with Crippen LogP contribution < -0.4 is 4.72 Å². The Labute approximate surface area is 118 Å². The van der Waals surface area contributed by atoms with Crippen LogP contribution >= 0.6 is 27.3 Å². The Morgan fingerprint density at radius 2 is 2.28 bits per heavy atom. The normalized spacial score (nSPS) is 11.9. The molecule has 1 heterocycles. The molecule has 6 nitrogen and oxygen atoms in total. The summed E-state index contributed by atoms with van der Waals surface area (Å²) < 4.78 is 27.8. The molecule has 1 rings (SSSR count). The van der Waals surface area contributed by atoms with Crippen molar-refractivity contribution in [3.8, 4) is 0 Å². The molecule has 0 aromatic carbocycles. The second-order valence-corrected chi connectivity index (χ2v) is 7.30. The van der Waals surface area contributed by atoms with Crippen LogP contribution in [0.4, 0.5) is 0 Å². The fourth-order valence-corrected chi connectivity index (χ4v) is 3.46. The van der Waals surface area contributed by atoms with Crippen molar-refractivity contribution in [3.63, 3.8) is 0 Å². The van der Waals surface area contributed by atoms with Crippen LogP contribution in [0, 0.1) is 0 Å². The minimum atomic E-state index is -3.63. The summed E-state index contributed by atoms with van der Waals surface area (Å²) >= 11 is 4.71. The van der Waals surface area contributed by atoms with E-state index >= 15 is 0 Å². The Bertz CT molecular complexity index is 514. The van der Waals surface area contributed by atoms with Crippen molar-refractivity contribution >= 4 is 43.4 Å². The number of halogens is 1. The van der Waals surface area contributed by atoms with Crippen LogP contribution in [0.1, 0.15) is 11.3 Å². The van der Waals surface area contributed by atoms with Gasteiger partial charge >= 0.3 is 5.97 Å². The number of aliphatic carboxylic acids is 1. The zero-order chi connectivity index (χ0) is 13.8. The number of nitrogens with one attached hydrogen (secondary N) is 1. The summed E-state index contributed by atoms with van der Waals surface area (Å²) in [4.78, 5) is 11.2. The summed E-state index contributed by atoms with van der Waals surface area (Å²) in [5.74, 6) is -1.03. The van der Waals surface area contributed by atoms with Gasteiger partial charge in [0.2, 0.25) is 0 Å². The maximum absolute atomic E-state index is 11.7. The standard InChI is InChI=1S/C9H13BrN2O4S2/c1-12(3-2-9(13)14)18(15,16)11-5-8-4-7(10)6-17-8/h4,6,11H,2-3,5H2,1H3,(H,13,14). The summed E-state index contributed by atoms with van der Waals surface area (Å²) in [7, 11) is -2.29. The van der Waals surface area contributed by atoms with Crippen LogP contribution in [0.3, 0.4) is 0 Å². The molecule has 1 aromatic heterocycles. The average Bonchev–Trinajstić information content (AvgIpc) is 2.69. The maximum atomic E-state index is 11.7. The molecule has 0 saturated carbocycles. The fraction of sp³-hybridized carbons (Fsp3) is 0.444. The summed E-state index contributed by atoms with van der Waals surface area (Å²) in [6.45, 7) is 0.134. The molecule has 0 spiro atoms. The van der Waals surface area contributed by atoms with Gasteiger partial charge in [0.15, 0.2) is 0 Å². The van der Waals surface area contributed by atoms with E-state index in [9.17, 15) is 13.2 Å². The minimum absolute atomic E-state index is 0.0567. The molecule has 18 heavy (non-hydrogen) atoms. The molecule has 0 amide bonds. The predicted octanol–water partition coefficient (Wildman–Crippen LogP) is 1.25. The number of carboxylic acid groups (broad SMARTS) is 1. The summed E-state index contributed by atoms with van der Waals surface area (Å²) in [6, 6.07) is 1.82. The van der Waals surface area contributed by atoms with Gasteiger partial charge in [-0.1, -0.05) is 0 Å². The van der Waals surface area contributed by atoms with Gasteiger partial charge < -0.3 is 5.11 Å². The molecule has 102 valence electrons. The highest BCUT2D eigenvalue weighted by Gasteiger charge is 2.18. The van der Waals surface area contributed by atoms with Gasteiger partial charge in [-0.25, -0.2) is 0 Å². The topological polar surface area (TPSA) is 86.7 Å².